The van der Waals surface area contributed by atoms with Gasteiger partial charge in [0.2, 0.25) is 0 Å². The van der Waals surface area contributed by atoms with Gasteiger partial charge in [-0.2, -0.15) is 0 Å². The van der Waals surface area contributed by atoms with Crippen LogP contribution in [0, 0.1) is 0 Å². The van der Waals surface area contributed by atoms with Crippen LogP contribution in [0.4, 0.5) is 0 Å². The molecule has 0 aliphatic heterocycles. The van der Waals surface area contributed by atoms with Gasteiger partial charge < -0.3 is 13.3 Å². The number of tetrazole rings is 1. The monoisotopic (exact) mass is 260 g/mol. The molecule has 0 radical (unpaired) electrons. The lowest BCUT2D eigenvalue weighted by atomic mass is 10.4. The van der Waals surface area contributed by atoms with Crippen molar-refractivity contribution in [3.05, 3.63) is 5.82 Å². The first-order chi connectivity index (χ1) is 8.21. The lowest BCUT2D eigenvalue weighted by Crippen LogP contribution is -2.42. The van der Waals surface area contributed by atoms with Crippen molar-refractivity contribution >= 4 is 8.80 Å². The quantitative estimate of drug-likeness (QED) is 0.634. The Balaban J connectivity index is 2.46. The third kappa shape index (κ3) is 3.56. The van der Waals surface area contributed by atoms with Gasteiger partial charge in [0.1, 0.15) is 0 Å². The minimum absolute atomic E-state index is 0.750. The lowest BCUT2D eigenvalue weighted by Gasteiger charge is -2.24. The van der Waals surface area contributed by atoms with Gasteiger partial charge in [0.05, 0.1) is 0 Å². The highest BCUT2D eigenvalue weighted by atomic mass is 28.4. The minimum Gasteiger partial charge on any atom is -0.377 e. The van der Waals surface area contributed by atoms with Gasteiger partial charge in [-0.3, -0.25) is 0 Å². The van der Waals surface area contributed by atoms with Gasteiger partial charge in [0.15, 0.2) is 5.82 Å². The van der Waals surface area contributed by atoms with Gasteiger partial charge in [0.25, 0.3) is 0 Å². The molecule has 8 heteroatoms. The molecule has 0 N–H and O–H groups in total. The van der Waals surface area contributed by atoms with Crippen LogP contribution >= 0.6 is 0 Å². The predicted molar refractivity (Wildman–Crippen MR) is 63.4 cm³/mol. The maximum absolute atomic E-state index is 5.35. The Bertz CT molecular complexity index is 322. The Kier molecular flexibility index (Phi) is 5.69. The molecule has 98 valence electrons. The van der Waals surface area contributed by atoms with Gasteiger partial charge in [0, 0.05) is 40.3 Å². The van der Waals surface area contributed by atoms with E-state index < -0.39 is 8.80 Å². The van der Waals surface area contributed by atoms with Gasteiger partial charge in [-0.15, -0.1) is 5.10 Å². The molecule has 1 aromatic rings. The van der Waals surface area contributed by atoms with Crippen molar-refractivity contribution in [2.75, 3.05) is 21.3 Å². The topological polar surface area (TPSA) is 71.3 Å². The molecular weight excluding hydrogens is 240 g/mol. The molecule has 1 aromatic heterocycles. The summed E-state index contributed by atoms with van der Waals surface area (Å²) in [5, 5.41) is 11.5. The van der Waals surface area contributed by atoms with Crippen LogP contribution < -0.4 is 0 Å². The number of aromatic nitrogens is 4. The van der Waals surface area contributed by atoms with E-state index in [1.54, 1.807) is 26.0 Å². The molecule has 0 saturated heterocycles. The van der Waals surface area contributed by atoms with Crippen LogP contribution in [0.5, 0.6) is 0 Å². The maximum atomic E-state index is 5.35. The van der Waals surface area contributed by atoms with E-state index in [0.29, 0.717) is 0 Å². The lowest BCUT2D eigenvalue weighted by molar-refractivity contribution is 0.122. The molecule has 0 unspecified atom stereocenters. The van der Waals surface area contributed by atoms with Crippen molar-refractivity contribution in [1.82, 2.24) is 20.2 Å². The molecule has 1 rings (SSSR count). The summed E-state index contributed by atoms with van der Waals surface area (Å²) >= 11 is 0. The predicted octanol–water partition coefficient (Wildman–Crippen LogP) is 0.504. The second-order valence-electron chi connectivity index (χ2n) is 3.57. The number of hydrogen-bond acceptors (Lipinski definition) is 6. The van der Waals surface area contributed by atoms with Crippen molar-refractivity contribution in [3.63, 3.8) is 0 Å². The molecule has 0 saturated carbocycles. The molecule has 0 bridgehead atoms. The zero-order valence-electron chi connectivity index (χ0n) is 10.8. The van der Waals surface area contributed by atoms with Crippen LogP contribution in [-0.2, 0) is 26.2 Å². The second-order valence-corrected chi connectivity index (χ2v) is 6.66. The molecule has 0 aliphatic carbocycles. The largest absolute Gasteiger partial charge is 0.500 e. The first-order valence-corrected chi connectivity index (χ1v) is 7.55. The summed E-state index contributed by atoms with van der Waals surface area (Å²) in [6.07, 6.45) is 1.69. The van der Waals surface area contributed by atoms with Gasteiger partial charge >= 0.3 is 8.80 Å². The molecule has 0 atom stereocenters. The van der Waals surface area contributed by atoms with E-state index >= 15 is 0 Å². The Hall–Kier alpha value is -0.833. The van der Waals surface area contributed by atoms with E-state index in [2.05, 4.69) is 15.5 Å². The smallest absolute Gasteiger partial charge is 0.377 e. The number of nitrogens with zero attached hydrogens (tertiary/aromatic N) is 4. The SMILES string of the molecule is CCc1nnnn1CCC[Si](OC)(OC)OC. The molecule has 0 aromatic carbocycles. The van der Waals surface area contributed by atoms with Crippen LogP contribution in [-0.4, -0.2) is 50.3 Å². The van der Waals surface area contributed by atoms with E-state index in [9.17, 15) is 0 Å². The maximum Gasteiger partial charge on any atom is 0.500 e. The minimum atomic E-state index is -2.46. The van der Waals surface area contributed by atoms with Crippen LogP contribution in [0.25, 0.3) is 0 Å². The summed E-state index contributed by atoms with van der Waals surface area (Å²) in [5.41, 5.74) is 0. The van der Waals surface area contributed by atoms with E-state index in [0.717, 1.165) is 31.3 Å². The van der Waals surface area contributed by atoms with Crippen molar-refractivity contribution in [2.45, 2.75) is 32.4 Å². The Morgan fingerprint density at radius 1 is 1.18 bits per heavy atom. The fraction of sp³-hybridized carbons (Fsp3) is 0.889. The number of aryl methyl sites for hydroxylation is 2. The zero-order chi connectivity index (χ0) is 12.7. The van der Waals surface area contributed by atoms with E-state index in [1.807, 2.05) is 6.92 Å². The highest BCUT2D eigenvalue weighted by Crippen LogP contribution is 2.15. The summed E-state index contributed by atoms with van der Waals surface area (Å²) < 4.78 is 17.8. The Morgan fingerprint density at radius 3 is 2.35 bits per heavy atom. The average molecular weight is 260 g/mol. The molecule has 1 heterocycles. The van der Waals surface area contributed by atoms with E-state index in [4.69, 9.17) is 13.3 Å². The Morgan fingerprint density at radius 2 is 1.82 bits per heavy atom. The molecule has 0 spiro atoms. The van der Waals surface area contributed by atoms with E-state index in [-0.39, 0.29) is 0 Å². The first kappa shape index (κ1) is 14.2. The molecule has 0 amide bonds. The highest BCUT2D eigenvalue weighted by molar-refractivity contribution is 6.60. The standard InChI is InChI=1S/C9H20N4O3Si/c1-5-9-10-11-12-13(9)7-6-8-17(14-2,15-3)16-4/h5-8H2,1-4H3. The van der Waals surface area contributed by atoms with E-state index in [1.165, 1.54) is 0 Å². The molecule has 0 fully saturated rings. The van der Waals surface area contributed by atoms with Crippen LogP contribution in [0.2, 0.25) is 6.04 Å². The van der Waals surface area contributed by atoms with Crippen molar-refractivity contribution in [1.29, 1.82) is 0 Å². The van der Waals surface area contributed by atoms with Gasteiger partial charge in [-0.1, -0.05) is 6.92 Å². The molecule has 7 nitrogen and oxygen atoms in total. The third-order valence-corrected chi connectivity index (χ3v) is 5.54. The Labute approximate surface area is 102 Å². The summed E-state index contributed by atoms with van der Waals surface area (Å²) in [4.78, 5) is 0. The second kappa shape index (κ2) is 6.79. The average Bonchev–Trinajstić information content (AvgIpc) is 2.83. The van der Waals surface area contributed by atoms with Gasteiger partial charge in [-0.25, -0.2) is 4.68 Å². The third-order valence-electron chi connectivity index (χ3n) is 2.71. The summed E-state index contributed by atoms with van der Waals surface area (Å²) in [6.45, 7) is 2.78. The summed E-state index contributed by atoms with van der Waals surface area (Å²) in [6, 6.07) is 0.750. The summed E-state index contributed by atoms with van der Waals surface area (Å²) in [5.74, 6) is 0.893. The first-order valence-electron chi connectivity index (χ1n) is 5.61. The fourth-order valence-corrected chi connectivity index (χ4v) is 3.36. The van der Waals surface area contributed by atoms with Crippen molar-refractivity contribution in [3.8, 4) is 0 Å². The van der Waals surface area contributed by atoms with Crippen LogP contribution in [0.3, 0.4) is 0 Å². The molecule has 17 heavy (non-hydrogen) atoms. The molecular formula is C9H20N4O3Si. The number of hydrogen-bond donors (Lipinski definition) is 0. The normalized spacial score (nSPS) is 12.0. The van der Waals surface area contributed by atoms with Crippen LogP contribution in [0.15, 0.2) is 0 Å². The molecule has 0 aliphatic rings. The summed E-state index contributed by atoms with van der Waals surface area (Å²) in [7, 11) is 2.40. The zero-order valence-corrected chi connectivity index (χ0v) is 11.8. The van der Waals surface area contributed by atoms with Crippen molar-refractivity contribution < 1.29 is 13.3 Å². The van der Waals surface area contributed by atoms with Crippen LogP contribution in [0.1, 0.15) is 19.2 Å². The highest BCUT2D eigenvalue weighted by Gasteiger charge is 2.36. The number of rotatable bonds is 8. The van der Waals surface area contributed by atoms with Gasteiger partial charge in [-0.05, 0) is 16.8 Å². The fourth-order valence-electron chi connectivity index (χ4n) is 1.65. The van der Waals surface area contributed by atoms with Crippen molar-refractivity contribution in [2.24, 2.45) is 0 Å².